The second-order valence-corrected chi connectivity index (χ2v) is 3.23. The number of hydrogen-bond acceptors (Lipinski definition) is 2. The van der Waals surface area contributed by atoms with Crippen LogP contribution in [0.5, 0.6) is 0 Å². The molecule has 0 N–H and O–H groups in total. The van der Waals surface area contributed by atoms with E-state index in [0.717, 1.165) is 18.7 Å². The minimum atomic E-state index is -0.0568. The Morgan fingerprint density at radius 1 is 1.54 bits per heavy atom. The molecule has 0 saturated carbocycles. The van der Waals surface area contributed by atoms with E-state index in [4.69, 9.17) is 11.6 Å². The van der Waals surface area contributed by atoms with Crippen molar-refractivity contribution in [2.24, 2.45) is 0 Å². The van der Waals surface area contributed by atoms with Gasteiger partial charge in [0, 0.05) is 19.0 Å². The minimum absolute atomic E-state index is 0.0568. The van der Waals surface area contributed by atoms with Gasteiger partial charge in [-0.3, -0.25) is 9.36 Å². The average molecular weight is 201 g/mol. The first-order valence-electron chi connectivity index (χ1n) is 4.45. The van der Waals surface area contributed by atoms with Crippen LogP contribution in [0.3, 0.4) is 0 Å². The molecule has 0 unspecified atom stereocenters. The number of rotatable bonds is 3. The van der Waals surface area contributed by atoms with Gasteiger partial charge >= 0.3 is 0 Å². The molecule has 0 spiro atoms. The third kappa shape index (κ3) is 2.31. The maximum absolute atomic E-state index is 11.4. The second kappa shape index (κ2) is 4.42. The van der Waals surface area contributed by atoms with Gasteiger partial charge in [-0.25, -0.2) is 4.98 Å². The van der Waals surface area contributed by atoms with Gasteiger partial charge in [0.1, 0.15) is 11.0 Å². The van der Waals surface area contributed by atoms with Gasteiger partial charge in [0.05, 0.1) is 0 Å². The molecule has 0 amide bonds. The lowest BCUT2D eigenvalue weighted by Crippen LogP contribution is -2.24. The summed E-state index contributed by atoms with van der Waals surface area (Å²) in [5.41, 5.74) is -0.0568. The van der Waals surface area contributed by atoms with E-state index in [9.17, 15) is 4.79 Å². The molecule has 0 aromatic carbocycles. The molecule has 13 heavy (non-hydrogen) atoms. The van der Waals surface area contributed by atoms with E-state index in [0.29, 0.717) is 6.54 Å². The quantitative estimate of drug-likeness (QED) is 0.699. The van der Waals surface area contributed by atoms with E-state index in [1.807, 2.05) is 13.8 Å². The average Bonchev–Trinajstić information content (AvgIpc) is 2.09. The largest absolute Gasteiger partial charge is 0.297 e. The molecule has 1 aromatic heterocycles. The molecule has 0 aliphatic heterocycles. The van der Waals surface area contributed by atoms with Gasteiger partial charge in [0.25, 0.3) is 5.56 Å². The molecule has 0 aliphatic rings. The Morgan fingerprint density at radius 2 is 2.23 bits per heavy atom. The van der Waals surface area contributed by atoms with Gasteiger partial charge in [0.2, 0.25) is 0 Å². The summed E-state index contributed by atoms with van der Waals surface area (Å²) in [6, 6.07) is 1.36. The van der Waals surface area contributed by atoms with Crippen LogP contribution in [0.25, 0.3) is 0 Å². The molecule has 1 rings (SSSR count). The SMILES string of the molecule is CCCn1c(CC)nc(Cl)cc1=O. The number of aromatic nitrogens is 2. The van der Waals surface area contributed by atoms with E-state index in [-0.39, 0.29) is 10.7 Å². The molecule has 0 aliphatic carbocycles. The summed E-state index contributed by atoms with van der Waals surface area (Å²) in [6.07, 6.45) is 1.66. The predicted molar refractivity (Wildman–Crippen MR) is 53.2 cm³/mol. The molecule has 0 saturated heterocycles. The van der Waals surface area contributed by atoms with Crippen molar-refractivity contribution in [2.45, 2.75) is 33.2 Å². The molecule has 0 fully saturated rings. The summed E-state index contributed by atoms with van der Waals surface area (Å²) < 4.78 is 1.67. The fraction of sp³-hybridized carbons (Fsp3) is 0.556. The van der Waals surface area contributed by atoms with Crippen LogP contribution in [0.2, 0.25) is 5.15 Å². The second-order valence-electron chi connectivity index (χ2n) is 2.84. The molecule has 0 bridgehead atoms. The van der Waals surface area contributed by atoms with Crippen LogP contribution in [0.4, 0.5) is 0 Å². The highest BCUT2D eigenvalue weighted by atomic mass is 35.5. The van der Waals surface area contributed by atoms with E-state index < -0.39 is 0 Å². The third-order valence-electron chi connectivity index (χ3n) is 1.82. The van der Waals surface area contributed by atoms with E-state index in [1.165, 1.54) is 6.07 Å². The normalized spacial score (nSPS) is 10.4. The highest BCUT2D eigenvalue weighted by Gasteiger charge is 2.04. The van der Waals surface area contributed by atoms with Crippen LogP contribution in [0.15, 0.2) is 10.9 Å². The summed E-state index contributed by atoms with van der Waals surface area (Å²) in [5.74, 6) is 0.763. The molecule has 72 valence electrons. The Labute approximate surface area is 82.4 Å². The number of nitrogens with zero attached hydrogens (tertiary/aromatic N) is 2. The summed E-state index contributed by atoms with van der Waals surface area (Å²) in [6.45, 7) is 4.71. The maximum atomic E-state index is 11.4. The van der Waals surface area contributed by atoms with Crippen molar-refractivity contribution in [3.8, 4) is 0 Å². The van der Waals surface area contributed by atoms with Gasteiger partial charge in [-0.15, -0.1) is 0 Å². The van der Waals surface area contributed by atoms with Crippen LogP contribution < -0.4 is 5.56 Å². The summed E-state index contributed by atoms with van der Waals surface area (Å²) in [4.78, 5) is 15.5. The smallest absolute Gasteiger partial charge is 0.254 e. The first-order valence-corrected chi connectivity index (χ1v) is 4.83. The van der Waals surface area contributed by atoms with Gasteiger partial charge < -0.3 is 0 Å². The minimum Gasteiger partial charge on any atom is -0.297 e. The van der Waals surface area contributed by atoms with E-state index >= 15 is 0 Å². The highest BCUT2D eigenvalue weighted by Crippen LogP contribution is 2.03. The summed E-state index contributed by atoms with van der Waals surface area (Å²) in [5, 5.41) is 0.286. The van der Waals surface area contributed by atoms with Crippen LogP contribution in [0, 0.1) is 0 Å². The third-order valence-corrected chi connectivity index (χ3v) is 2.01. The van der Waals surface area contributed by atoms with Gasteiger partial charge in [-0.2, -0.15) is 0 Å². The number of hydrogen-bond donors (Lipinski definition) is 0. The van der Waals surface area contributed by atoms with Crippen LogP contribution in [0.1, 0.15) is 26.1 Å². The maximum Gasteiger partial charge on any atom is 0.254 e. The topological polar surface area (TPSA) is 34.9 Å². The van der Waals surface area contributed by atoms with Crippen molar-refractivity contribution in [3.05, 3.63) is 27.4 Å². The van der Waals surface area contributed by atoms with Crippen molar-refractivity contribution < 1.29 is 0 Å². The Hall–Kier alpha value is -0.830. The Balaban J connectivity index is 3.22. The lowest BCUT2D eigenvalue weighted by atomic mass is 10.4. The van der Waals surface area contributed by atoms with Gasteiger partial charge in [-0.05, 0) is 6.42 Å². The Bertz CT molecular complexity index is 346. The lowest BCUT2D eigenvalue weighted by molar-refractivity contribution is 0.602. The van der Waals surface area contributed by atoms with Crippen molar-refractivity contribution in [3.63, 3.8) is 0 Å². The zero-order valence-corrected chi connectivity index (χ0v) is 8.64. The molecular weight excluding hydrogens is 188 g/mol. The summed E-state index contributed by atoms with van der Waals surface area (Å²) >= 11 is 5.68. The lowest BCUT2D eigenvalue weighted by Gasteiger charge is -2.08. The van der Waals surface area contributed by atoms with E-state index in [2.05, 4.69) is 4.98 Å². The summed E-state index contributed by atoms with van der Waals surface area (Å²) in [7, 11) is 0. The molecule has 1 heterocycles. The van der Waals surface area contributed by atoms with Crippen LogP contribution in [-0.2, 0) is 13.0 Å². The number of halogens is 1. The zero-order chi connectivity index (χ0) is 9.84. The first-order chi connectivity index (χ1) is 6.19. The van der Waals surface area contributed by atoms with Crippen molar-refractivity contribution in [1.29, 1.82) is 0 Å². The molecule has 0 radical (unpaired) electrons. The Kier molecular flexibility index (Phi) is 3.48. The predicted octanol–water partition coefficient (Wildman–Crippen LogP) is 1.87. The molecule has 0 atom stereocenters. The van der Waals surface area contributed by atoms with Crippen molar-refractivity contribution >= 4 is 11.6 Å². The molecule has 1 aromatic rings. The van der Waals surface area contributed by atoms with Gasteiger partial charge in [0.15, 0.2) is 0 Å². The highest BCUT2D eigenvalue weighted by molar-refractivity contribution is 6.29. The number of aryl methyl sites for hydroxylation is 1. The van der Waals surface area contributed by atoms with Gasteiger partial charge in [-0.1, -0.05) is 25.4 Å². The van der Waals surface area contributed by atoms with Crippen molar-refractivity contribution in [1.82, 2.24) is 9.55 Å². The monoisotopic (exact) mass is 200 g/mol. The molecular formula is C9H13ClN2O. The van der Waals surface area contributed by atoms with Crippen LogP contribution in [-0.4, -0.2) is 9.55 Å². The van der Waals surface area contributed by atoms with Crippen LogP contribution >= 0.6 is 11.6 Å². The van der Waals surface area contributed by atoms with E-state index in [1.54, 1.807) is 4.57 Å². The first kappa shape index (κ1) is 10.3. The molecule has 4 heteroatoms. The fourth-order valence-corrected chi connectivity index (χ4v) is 1.45. The fourth-order valence-electron chi connectivity index (χ4n) is 1.26. The zero-order valence-electron chi connectivity index (χ0n) is 7.88. The van der Waals surface area contributed by atoms with Crippen molar-refractivity contribution in [2.75, 3.05) is 0 Å². The molecule has 3 nitrogen and oxygen atoms in total. The standard InChI is InChI=1S/C9H13ClN2O/c1-3-5-12-8(4-2)11-7(10)6-9(12)13/h6H,3-5H2,1-2H3. The Morgan fingerprint density at radius 3 is 2.77 bits per heavy atom.